The predicted molar refractivity (Wildman–Crippen MR) is 171 cm³/mol. The number of hydrogen-bond acceptors (Lipinski definition) is 12. The molecule has 0 amide bonds. The molecule has 47 heavy (non-hydrogen) atoms. The number of rotatable bonds is 13. The summed E-state index contributed by atoms with van der Waals surface area (Å²) in [5.74, 6) is -9.28. The number of carbonyl (C=O) groups is 4. The molecule has 1 aliphatic rings. The molecule has 3 rings (SSSR count). The molecule has 0 saturated carbocycles. The van der Waals surface area contributed by atoms with E-state index in [4.69, 9.17) is 0 Å². The normalized spacial score (nSPS) is 14.6. The number of aliphatic hydroxyl groups is 2. The molecule has 0 fully saturated rings. The summed E-state index contributed by atoms with van der Waals surface area (Å²) >= 11 is 0. The highest BCUT2D eigenvalue weighted by atomic mass is 16.3. The third kappa shape index (κ3) is 6.24. The Morgan fingerprint density at radius 1 is 0.574 bits per heavy atom. The van der Waals surface area contributed by atoms with Crippen molar-refractivity contribution in [1.29, 1.82) is 0 Å². The van der Waals surface area contributed by atoms with E-state index in [2.05, 4.69) is 0 Å². The van der Waals surface area contributed by atoms with Crippen LogP contribution in [0.25, 0.3) is 0 Å². The number of aromatic hydroxyl groups is 6. The van der Waals surface area contributed by atoms with Gasteiger partial charge in [-0.2, -0.15) is 0 Å². The Morgan fingerprint density at radius 2 is 0.979 bits per heavy atom. The van der Waals surface area contributed by atoms with Crippen LogP contribution < -0.4 is 0 Å². The fraction of sp³-hybridized carbons (Fsp3) is 0.429. The summed E-state index contributed by atoms with van der Waals surface area (Å²) in [7, 11) is 0. The first-order valence-electron chi connectivity index (χ1n) is 15.5. The van der Waals surface area contributed by atoms with Gasteiger partial charge < -0.3 is 40.9 Å². The van der Waals surface area contributed by atoms with Crippen LogP contribution in [0.4, 0.5) is 0 Å². The van der Waals surface area contributed by atoms with Gasteiger partial charge in [0.25, 0.3) is 0 Å². The molecular weight excluding hydrogens is 612 g/mol. The molecule has 0 radical (unpaired) electrons. The zero-order valence-electron chi connectivity index (χ0n) is 27.4. The van der Waals surface area contributed by atoms with Gasteiger partial charge >= 0.3 is 0 Å². The van der Waals surface area contributed by atoms with Crippen LogP contribution in [0, 0.1) is 12.3 Å². The maximum Gasteiger partial charge on any atom is 0.183 e. The molecule has 1 aliphatic carbocycles. The zero-order valence-corrected chi connectivity index (χ0v) is 27.4. The summed E-state index contributed by atoms with van der Waals surface area (Å²) in [6.45, 7) is 8.99. The van der Waals surface area contributed by atoms with Crippen molar-refractivity contribution in [2.45, 2.75) is 92.9 Å². The van der Waals surface area contributed by atoms with Gasteiger partial charge in [0, 0.05) is 59.9 Å². The van der Waals surface area contributed by atoms with Crippen molar-refractivity contribution in [3.63, 3.8) is 0 Å². The van der Waals surface area contributed by atoms with Crippen LogP contribution in [0.1, 0.15) is 116 Å². The van der Waals surface area contributed by atoms with E-state index in [1.807, 2.05) is 0 Å². The van der Waals surface area contributed by atoms with Gasteiger partial charge in [-0.25, -0.2) is 0 Å². The van der Waals surface area contributed by atoms with Gasteiger partial charge in [0.1, 0.15) is 62.7 Å². The lowest BCUT2D eigenvalue weighted by Gasteiger charge is -2.31. The molecule has 0 spiro atoms. The predicted octanol–water partition coefficient (Wildman–Crippen LogP) is 5.93. The third-order valence-corrected chi connectivity index (χ3v) is 8.54. The van der Waals surface area contributed by atoms with Crippen LogP contribution in [0.3, 0.4) is 0 Å². The average molecular weight is 655 g/mol. The highest BCUT2D eigenvalue weighted by Crippen LogP contribution is 2.50. The summed E-state index contributed by atoms with van der Waals surface area (Å²) in [6, 6.07) is 0. The second-order valence-electron chi connectivity index (χ2n) is 12.3. The van der Waals surface area contributed by atoms with E-state index in [1.165, 1.54) is 20.8 Å². The monoisotopic (exact) mass is 654 g/mol. The number of Topliss-reactive ketones (excluding diaryl/α,β-unsaturated/α-hetero) is 4. The van der Waals surface area contributed by atoms with E-state index in [9.17, 15) is 60.0 Å². The lowest BCUT2D eigenvalue weighted by atomic mass is 9.73. The van der Waals surface area contributed by atoms with Gasteiger partial charge in [-0.1, -0.05) is 20.8 Å². The van der Waals surface area contributed by atoms with E-state index in [1.54, 1.807) is 20.8 Å². The fourth-order valence-corrected chi connectivity index (χ4v) is 5.76. The van der Waals surface area contributed by atoms with Crippen molar-refractivity contribution >= 4 is 23.1 Å². The van der Waals surface area contributed by atoms with Crippen LogP contribution in [0.2, 0.25) is 0 Å². The summed E-state index contributed by atoms with van der Waals surface area (Å²) in [6.07, 6.45) is -0.754. The molecule has 0 atom stereocenters. The van der Waals surface area contributed by atoms with Gasteiger partial charge in [-0.3, -0.25) is 19.2 Å². The van der Waals surface area contributed by atoms with Crippen molar-refractivity contribution in [2.24, 2.45) is 5.41 Å². The Labute approximate surface area is 271 Å². The molecule has 12 nitrogen and oxygen atoms in total. The Hall–Kier alpha value is -5.00. The van der Waals surface area contributed by atoms with Crippen molar-refractivity contribution in [3.8, 4) is 34.5 Å². The largest absolute Gasteiger partial charge is 0.511 e. The number of phenolic OH excluding ortho intramolecular Hbond substituents is 6. The van der Waals surface area contributed by atoms with Crippen LogP contribution in [-0.2, 0) is 22.4 Å². The Morgan fingerprint density at radius 3 is 1.45 bits per heavy atom. The van der Waals surface area contributed by atoms with Crippen LogP contribution in [-0.4, -0.2) is 64.0 Å². The zero-order chi connectivity index (χ0) is 35.7. The van der Waals surface area contributed by atoms with E-state index in [-0.39, 0.29) is 24.8 Å². The Bertz CT molecular complexity index is 1740. The minimum Gasteiger partial charge on any atom is -0.511 e. The molecule has 254 valence electrons. The summed E-state index contributed by atoms with van der Waals surface area (Å²) < 4.78 is 0. The second kappa shape index (κ2) is 13.8. The minimum absolute atomic E-state index is 0.0580. The summed E-state index contributed by atoms with van der Waals surface area (Å²) in [5.41, 5.74) is -5.34. The van der Waals surface area contributed by atoms with Gasteiger partial charge in [0.2, 0.25) is 0 Å². The quantitative estimate of drug-likeness (QED) is 0.0928. The van der Waals surface area contributed by atoms with Crippen molar-refractivity contribution in [3.05, 3.63) is 56.0 Å². The fourth-order valence-electron chi connectivity index (χ4n) is 5.76. The van der Waals surface area contributed by atoms with Crippen LogP contribution >= 0.6 is 0 Å². The number of benzene rings is 2. The average Bonchev–Trinajstić information content (AvgIpc) is 2.99. The highest BCUT2D eigenvalue weighted by Gasteiger charge is 2.45. The molecular formula is C35H42O12. The van der Waals surface area contributed by atoms with E-state index in [0.717, 1.165) is 0 Å². The molecule has 2 aromatic rings. The van der Waals surface area contributed by atoms with Gasteiger partial charge in [0.15, 0.2) is 23.1 Å². The maximum atomic E-state index is 13.2. The van der Waals surface area contributed by atoms with Gasteiger partial charge in [-0.15, -0.1) is 0 Å². The molecule has 12 heteroatoms. The van der Waals surface area contributed by atoms with E-state index >= 15 is 0 Å². The SMILES string of the molecule is CCCC(=O)C1=C(O)C(Cc2c(O)c(Cc3c(O)c(C)c(O)c(C(=O)CCC)c3O)c(O)c(C(=O)CCC)c2O)=C(O)C(C)(C)C1=O. The first-order chi connectivity index (χ1) is 21.9. The minimum atomic E-state index is -1.70. The standard InChI is InChI=1S/C35H42O12/c1-7-10-20(36)23-27(40)15(4)26(39)16(29(23)42)13-17-28(41)18(31(44)24(30(17)43)21(37)11-8-2)14-19-32(45)25(22(38)12-9-3)34(47)35(5,6)33(19)46/h39-46H,7-14H2,1-6H3. The lowest BCUT2D eigenvalue weighted by Crippen LogP contribution is -2.36. The maximum absolute atomic E-state index is 13.2. The smallest absolute Gasteiger partial charge is 0.183 e. The number of hydrogen-bond donors (Lipinski definition) is 8. The van der Waals surface area contributed by atoms with Crippen LogP contribution in [0.5, 0.6) is 34.5 Å². The van der Waals surface area contributed by atoms with E-state index < -0.39 is 126 Å². The number of allylic oxidation sites excluding steroid dienone is 3. The first kappa shape index (κ1) is 36.5. The Balaban J connectivity index is 2.39. The van der Waals surface area contributed by atoms with Crippen LogP contribution in [0.15, 0.2) is 22.7 Å². The molecule has 0 unspecified atom stereocenters. The number of ketones is 4. The first-order valence-corrected chi connectivity index (χ1v) is 15.5. The molecule has 0 saturated heterocycles. The van der Waals surface area contributed by atoms with Gasteiger partial charge in [-0.05, 0) is 40.0 Å². The van der Waals surface area contributed by atoms with Crippen molar-refractivity contribution < 1.29 is 60.0 Å². The second-order valence-corrected chi connectivity index (χ2v) is 12.3. The number of phenols is 6. The molecule has 0 bridgehead atoms. The summed E-state index contributed by atoms with van der Waals surface area (Å²) in [5, 5.41) is 88.9. The van der Waals surface area contributed by atoms with E-state index in [0.29, 0.717) is 19.3 Å². The van der Waals surface area contributed by atoms with Gasteiger partial charge in [0.05, 0.1) is 5.41 Å². The number of carbonyl (C=O) groups excluding carboxylic acids is 4. The number of aliphatic hydroxyl groups excluding tert-OH is 2. The topological polar surface area (TPSA) is 230 Å². The molecule has 2 aromatic carbocycles. The third-order valence-electron chi connectivity index (χ3n) is 8.54. The molecule has 0 aliphatic heterocycles. The molecule has 8 N–H and O–H groups in total. The van der Waals surface area contributed by atoms with Crippen molar-refractivity contribution in [2.75, 3.05) is 0 Å². The highest BCUT2D eigenvalue weighted by molar-refractivity contribution is 6.24. The molecule has 0 heterocycles. The summed E-state index contributed by atoms with van der Waals surface area (Å²) in [4.78, 5) is 52.0. The lowest BCUT2D eigenvalue weighted by molar-refractivity contribution is -0.127. The molecule has 0 aromatic heterocycles. The Kier molecular flexibility index (Phi) is 10.7. The van der Waals surface area contributed by atoms with Crippen molar-refractivity contribution in [1.82, 2.24) is 0 Å².